The van der Waals surface area contributed by atoms with Gasteiger partial charge in [0.05, 0.1) is 11.1 Å². The third-order valence-electron chi connectivity index (χ3n) is 4.00. The SMILES string of the molecule is CN(C)C(=O)c1ccc(OCC2(N)CCCCCC2)nc1. The first-order valence-electron chi connectivity index (χ1n) is 7.60. The monoisotopic (exact) mass is 291 g/mol. The molecule has 1 aliphatic carbocycles. The number of rotatable bonds is 4. The van der Waals surface area contributed by atoms with Gasteiger partial charge in [0.1, 0.15) is 6.61 Å². The number of hydrogen-bond donors (Lipinski definition) is 1. The van der Waals surface area contributed by atoms with Crippen LogP contribution in [0.3, 0.4) is 0 Å². The molecule has 1 saturated carbocycles. The Morgan fingerprint density at radius 1 is 1.29 bits per heavy atom. The zero-order valence-electron chi connectivity index (χ0n) is 13.0. The van der Waals surface area contributed by atoms with E-state index in [2.05, 4.69) is 4.98 Å². The van der Waals surface area contributed by atoms with Gasteiger partial charge in [-0.2, -0.15) is 0 Å². The number of amides is 1. The molecule has 116 valence electrons. The van der Waals surface area contributed by atoms with Crippen molar-refractivity contribution in [1.82, 2.24) is 9.88 Å². The fraction of sp³-hybridized carbons (Fsp3) is 0.625. The Morgan fingerprint density at radius 2 is 1.95 bits per heavy atom. The Hall–Kier alpha value is -1.62. The van der Waals surface area contributed by atoms with Crippen LogP contribution in [-0.4, -0.2) is 42.0 Å². The summed E-state index contributed by atoms with van der Waals surface area (Å²) in [7, 11) is 3.44. The van der Waals surface area contributed by atoms with Crippen LogP contribution in [0.5, 0.6) is 5.88 Å². The minimum Gasteiger partial charge on any atom is -0.476 e. The summed E-state index contributed by atoms with van der Waals surface area (Å²) in [6.45, 7) is 0.487. The highest BCUT2D eigenvalue weighted by molar-refractivity contribution is 5.93. The second kappa shape index (κ2) is 6.89. The smallest absolute Gasteiger partial charge is 0.254 e. The molecule has 1 fully saturated rings. The van der Waals surface area contributed by atoms with Crippen molar-refractivity contribution in [1.29, 1.82) is 0 Å². The van der Waals surface area contributed by atoms with Gasteiger partial charge in [0.25, 0.3) is 5.91 Å². The van der Waals surface area contributed by atoms with Crippen molar-refractivity contribution >= 4 is 5.91 Å². The average Bonchev–Trinajstić information content (AvgIpc) is 2.70. The lowest BCUT2D eigenvalue weighted by Crippen LogP contribution is -2.45. The second-order valence-electron chi connectivity index (χ2n) is 6.15. The van der Waals surface area contributed by atoms with Crippen LogP contribution >= 0.6 is 0 Å². The van der Waals surface area contributed by atoms with Gasteiger partial charge in [-0.3, -0.25) is 4.79 Å². The van der Waals surface area contributed by atoms with Crippen molar-refractivity contribution in [2.75, 3.05) is 20.7 Å². The predicted molar refractivity (Wildman–Crippen MR) is 82.4 cm³/mol. The third-order valence-corrected chi connectivity index (χ3v) is 4.00. The number of nitrogens with zero attached hydrogens (tertiary/aromatic N) is 2. The van der Waals surface area contributed by atoms with Crippen molar-refractivity contribution in [2.45, 2.75) is 44.1 Å². The highest BCUT2D eigenvalue weighted by Crippen LogP contribution is 2.25. The first-order valence-corrected chi connectivity index (χ1v) is 7.60. The molecule has 0 radical (unpaired) electrons. The number of aromatic nitrogens is 1. The molecule has 1 amide bonds. The summed E-state index contributed by atoms with van der Waals surface area (Å²) in [5.41, 5.74) is 6.73. The van der Waals surface area contributed by atoms with E-state index in [4.69, 9.17) is 10.5 Å². The molecule has 0 atom stereocenters. The summed E-state index contributed by atoms with van der Waals surface area (Å²) in [5, 5.41) is 0. The molecular weight excluding hydrogens is 266 g/mol. The van der Waals surface area contributed by atoms with Crippen molar-refractivity contribution in [3.8, 4) is 5.88 Å². The van der Waals surface area contributed by atoms with Gasteiger partial charge in [0, 0.05) is 26.4 Å². The van der Waals surface area contributed by atoms with E-state index < -0.39 is 0 Å². The van der Waals surface area contributed by atoms with Gasteiger partial charge in [0.15, 0.2) is 0 Å². The molecule has 2 N–H and O–H groups in total. The molecule has 21 heavy (non-hydrogen) atoms. The van der Waals surface area contributed by atoms with E-state index in [1.54, 1.807) is 32.4 Å². The maximum atomic E-state index is 11.8. The highest BCUT2D eigenvalue weighted by Gasteiger charge is 2.27. The lowest BCUT2D eigenvalue weighted by atomic mass is 9.93. The van der Waals surface area contributed by atoms with Gasteiger partial charge < -0.3 is 15.4 Å². The van der Waals surface area contributed by atoms with Crippen molar-refractivity contribution in [3.63, 3.8) is 0 Å². The summed E-state index contributed by atoms with van der Waals surface area (Å²) in [4.78, 5) is 17.5. The molecule has 1 heterocycles. The molecule has 0 spiro atoms. The third kappa shape index (κ3) is 4.43. The molecule has 5 nitrogen and oxygen atoms in total. The van der Waals surface area contributed by atoms with Crippen molar-refractivity contribution < 1.29 is 9.53 Å². The zero-order valence-corrected chi connectivity index (χ0v) is 13.0. The molecule has 2 rings (SSSR count). The van der Waals surface area contributed by atoms with Gasteiger partial charge >= 0.3 is 0 Å². The van der Waals surface area contributed by atoms with Gasteiger partial charge in [0.2, 0.25) is 5.88 Å². The molecular formula is C16H25N3O2. The normalized spacial score (nSPS) is 17.9. The summed E-state index contributed by atoms with van der Waals surface area (Å²) in [6.07, 6.45) is 8.42. The quantitative estimate of drug-likeness (QED) is 0.864. The number of pyridine rings is 1. The van der Waals surface area contributed by atoms with E-state index in [-0.39, 0.29) is 11.4 Å². The van der Waals surface area contributed by atoms with Crippen LogP contribution in [0.15, 0.2) is 18.3 Å². The lowest BCUT2D eigenvalue weighted by molar-refractivity contribution is 0.0827. The molecule has 1 aromatic heterocycles. The Labute approximate surface area is 126 Å². The molecule has 0 saturated heterocycles. The maximum absolute atomic E-state index is 11.8. The Kier molecular flexibility index (Phi) is 5.17. The minimum absolute atomic E-state index is 0.0619. The zero-order chi connectivity index (χ0) is 15.3. The fourth-order valence-electron chi connectivity index (χ4n) is 2.65. The number of hydrogen-bond acceptors (Lipinski definition) is 4. The summed E-state index contributed by atoms with van der Waals surface area (Å²) < 4.78 is 5.74. The van der Waals surface area contributed by atoms with Crippen LogP contribution in [-0.2, 0) is 0 Å². The van der Waals surface area contributed by atoms with Gasteiger partial charge in [-0.1, -0.05) is 25.7 Å². The van der Waals surface area contributed by atoms with Gasteiger partial charge in [-0.05, 0) is 18.9 Å². The number of ether oxygens (including phenoxy) is 1. The van der Waals surface area contributed by atoms with Crippen LogP contribution in [0.25, 0.3) is 0 Å². The summed E-state index contributed by atoms with van der Waals surface area (Å²) in [5.74, 6) is 0.465. The molecule has 0 unspecified atom stereocenters. The standard InChI is InChI=1S/C16H25N3O2/c1-19(2)15(20)13-7-8-14(18-11-13)21-12-16(17)9-5-3-4-6-10-16/h7-8,11H,3-6,9-10,12,17H2,1-2H3. The van der Waals surface area contributed by atoms with E-state index in [0.717, 1.165) is 12.8 Å². The van der Waals surface area contributed by atoms with E-state index in [1.165, 1.54) is 30.6 Å². The minimum atomic E-state index is -0.240. The lowest BCUT2D eigenvalue weighted by Gasteiger charge is -2.27. The number of carbonyl (C=O) groups is 1. The second-order valence-corrected chi connectivity index (χ2v) is 6.15. The Morgan fingerprint density at radius 3 is 2.48 bits per heavy atom. The average molecular weight is 291 g/mol. The van der Waals surface area contributed by atoms with Gasteiger partial charge in [-0.15, -0.1) is 0 Å². The largest absolute Gasteiger partial charge is 0.476 e. The topological polar surface area (TPSA) is 68.5 Å². The molecule has 0 aliphatic heterocycles. The van der Waals surface area contributed by atoms with E-state index >= 15 is 0 Å². The van der Waals surface area contributed by atoms with Crippen molar-refractivity contribution in [3.05, 3.63) is 23.9 Å². The van der Waals surface area contributed by atoms with Crippen LogP contribution in [0.4, 0.5) is 0 Å². The van der Waals surface area contributed by atoms with Crippen LogP contribution in [0.2, 0.25) is 0 Å². The molecule has 5 heteroatoms. The number of nitrogens with two attached hydrogens (primary N) is 1. The first-order chi connectivity index (χ1) is 10.0. The van der Waals surface area contributed by atoms with Crippen molar-refractivity contribution in [2.24, 2.45) is 5.73 Å². The number of carbonyl (C=O) groups excluding carboxylic acids is 1. The predicted octanol–water partition coefficient (Wildman–Crippen LogP) is 2.21. The molecule has 0 aromatic carbocycles. The molecule has 1 aliphatic rings. The molecule has 0 bridgehead atoms. The first kappa shape index (κ1) is 15.8. The van der Waals surface area contributed by atoms with Crippen LogP contribution in [0.1, 0.15) is 48.9 Å². The molecule has 1 aromatic rings. The van der Waals surface area contributed by atoms with Crippen LogP contribution in [0, 0.1) is 0 Å². The van der Waals surface area contributed by atoms with E-state index in [9.17, 15) is 4.79 Å². The van der Waals surface area contributed by atoms with Gasteiger partial charge in [-0.25, -0.2) is 4.98 Å². The summed E-state index contributed by atoms with van der Waals surface area (Å²) >= 11 is 0. The maximum Gasteiger partial charge on any atom is 0.254 e. The summed E-state index contributed by atoms with van der Waals surface area (Å²) in [6, 6.07) is 3.47. The Bertz CT molecular complexity index is 463. The van der Waals surface area contributed by atoms with E-state index in [1.807, 2.05) is 0 Å². The fourth-order valence-corrected chi connectivity index (χ4v) is 2.65. The Balaban J connectivity index is 1.92. The van der Waals surface area contributed by atoms with Crippen LogP contribution < -0.4 is 10.5 Å². The van der Waals surface area contributed by atoms with E-state index in [0.29, 0.717) is 18.1 Å². The highest BCUT2D eigenvalue weighted by atomic mass is 16.5.